The van der Waals surface area contributed by atoms with Crippen LogP contribution in [0.1, 0.15) is 5.56 Å². The summed E-state index contributed by atoms with van der Waals surface area (Å²) in [5.41, 5.74) is 0.0587. The van der Waals surface area contributed by atoms with Crippen molar-refractivity contribution >= 4 is 33.5 Å². The van der Waals surface area contributed by atoms with Crippen LogP contribution in [0.4, 0.5) is 5.69 Å². The number of nitrogens with one attached hydrogen (secondary N) is 1. The third-order valence-corrected chi connectivity index (χ3v) is 4.20. The first kappa shape index (κ1) is 15.9. The van der Waals surface area contributed by atoms with Gasteiger partial charge in [-0.1, -0.05) is 29.8 Å². The molecule has 0 aliphatic rings. The molecule has 2 rings (SSSR count). The average Bonchev–Trinajstić information content (AvgIpc) is 2.49. The zero-order chi connectivity index (χ0) is 16.2. The number of halogens is 1. The molecule has 0 saturated carbocycles. The summed E-state index contributed by atoms with van der Waals surface area (Å²) in [6.07, 6.45) is 1.11. The van der Waals surface area contributed by atoms with Gasteiger partial charge in [-0.2, -0.15) is 13.5 Å². The van der Waals surface area contributed by atoms with E-state index in [1.165, 1.54) is 30.3 Å². The lowest BCUT2D eigenvalue weighted by Gasteiger charge is -2.03. The molecular weight excluding hydrogens is 330 g/mol. The van der Waals surface area contributed by atoms with Crippen LogP contribution in [0.25, 0.3) is 0 Å². The highest BCUT2D eigenvalue weighted by Crippen LogP contribution is 2.20. The maximum atomic E-state index is 11.9. The molecular formula is C13H10ClN3O4S. The number of non-ortho nitro benzene ring substituents is 1. The molecule has 0 aromatic heterocycles. The fraction of sp³-hybridized carbons (Fsp3) is 0. The van der Waals surface area contributed by atoms with Crippen LogP contribution in [0, 0.1) is 10.1 Å². The Balaban J connectivity index is 2.20. The van der Waals surface area contributed by atoms with Crippen LogP contribution >= 0.6 is 11.6 Å². The van der Waals surface area contributed by atoms with Gasteiger partial charge in [0.25, 0.3) is 15.7 Å². The Kier molecular flexibility index (Phi) is 4.74. The van der Waals surface area contributed by atoms with Crippen molar-refractivity contribution in [2.24, 2.45) is 5.10 Å². The van der Waals surface area contributed by atoms with Crippen molar-refractivity contribution in [2.45, 2.75) is 4.90 Å². The molecule has 0 amide bonds. The van der Waals surface area contributed by atoms with Crippen LogP contribution < -0.4 is 4.83 Å². The van der Waals surface area contributed by atoms with E-state index in [0.29, 0.717) is 0 Å². The van der Waals surface area contributed by atoms with E-state index in [1.807, 2.05) is 4.83 Å². The molecule has 0 radical (unpaired) electrons. The molecule has 0 heterocycles. The Morgan fingerprint density at radius 2 is 1.86 bits per heavy atom. The molecule has 0 unspecified atom stereocenters. The van der Waals surface area contributed by atoms with Crippen molar-refractivity contribution < 1.29 is 13.3 Å². The number of benzene rings is 2. The third-order valence-electron chi connectivity index (χ3n) is 2.62. The second-order valence-corrected chi connectivity index (χ2v) is 6.20. The Hall–Kier alpha value is -2.45. The van der Waals surface area contributed by atoms with Gasteiger partial charge in [0.15, 0.2) is 0 Å². The number of nitro benzene ring substituents is 1. The zero-order valence-electron chi connectivity index (χ0n) is 11.0. The summed E-state index contributed by atoms with van der Waals surface area (Å²) >= 11 is 5.88. The Labute approximate surface area is 131 Å². The van der Waals surface area contributed by atoms with E-state index in [9.17, 15) is 18.5 Å². The number of sulfonamides is 1. The van der Waals surface area contributed by atoms with Gasteiger partial charge in [-0.25, -0.2) is 4.83 Å². The first-order valence-electron chi connectivity index (χ1n) is 5.94. The number of rotatable bonds is 5. The third kappa shape index (κ3) is 3.80. The predicted molar refractivity (Wildman–Crippen MR) is 82.5 cm³/mol. The lowest BCUT2D eigenvalue weighted by molar-refractivity contribution is -0.384. The Morgan fingerprint density at radius 1 is 1.18 bits per heavy atom. The molecule has 0 spiro atoms. The van der Waals surface area contributed by atoms with Gasteiger partial charge < -0.3 is 0 Å². The second kappa shape index (κ2) is 6.54. The van der Waals surface area contributed by atoms with Crippen LogP contribution in [0.3, 0.4) is 0 Å². The van der Waals surface area contributed by atoms with Crippen molar-refractivity contribution in [1.82, 2.24) is 4.83 Å². The second-order valence-electron chi connectivity index (χ2n) is 4.13. The van der Waals surface area contributed by atoms with E-state index < -0.39 is 14.9 Å². The van der Waals surface area contributed by atoms with Crippen LogP contribution in [0.2, 0.25) is 5.02 Å². The summed E-state index contributed by atoms with van der Waals surface area (Å²) < 4.78 is 23.8. The van der Waals surface area contributed by atoms with Crippen molar-refractivity contribution in [3.63, 3.8) is 0 Å². The number of nitrogens with zero attached hydrogens (tertiary/aromatic N) is 2. The van der Waals surface area contributed by atoms with Gasteiger partial charge in [-0.05, 0) is 18.2 Å². The zero-order valence-corrected chi connectivity index (χ0v) is 12.6. The highest BCUT2D eigenvalue weighted by molar-refractivity contribution is 7.89. The van der Waals surface area contributed by atoms with Gasteiger partial charge in [0.1, 0.15) is 0 Å². The molecule has 7 nitrogen and oxygen atoms in total. The first-order valence-corrected chi connectivity index (χ1v) is 7.80. The molecule has 0 fully saturated rings. The van der Waals surface area contributed by atoms with Crippen molar-refractivity contribution in [3.8, 4) is 0 Å². The monoisotopic (exact) mass is 339 g/mol. The van der Waals surface area contributed by atoms with Crippen molar-refractivity contribution in [2.75, 3.05) is 0 Å². The maximum Gasteiger partial charge on any atom is 0.276 e. The quantitative estimate of drug-likeness (QED) is 0.513. The SMILES string of the molecule is O=[N+]([O-])c1ccc(Cl)c(/C=N\NS(=O)(=O)c2ccccc2)c1. The van der Waals surface area contributed by atoms with E-state index >= 15 is 0 Å². The molecule has 0 saturated heterocycles. The molecule has 0 bridgehead atoms. The Bertz CT molecular complexity index is 822. The van der Waals surface area contributed by atoms with Gasteiger partial charge >= 0.3 is 0 Å². The summed E-state index contributed by atoms with van der Waals surface area (Å²) in [6.45, 7) is 0. The highest BCUT2D eigenvalue weighted by atomic mass is 35.5. The molecule has 0 aliphatic heterocycles. The molecule has 2 aromatic rings. The van der Waals surface area contributed by atoms with E-state index in [4.69, 9.17) is 11.6 Å². The van der Waals surface area contributed by atoms with E-state index in [1.54, 1.807) is 18.2 Å². The number of nitro groups is 1. The van der Waals surface area contributed by atoms with Crippen molar-refractivity contribution in [3.05, 3.63) is 69.2 Å². The summed E-state index contributed by atoms with van der Waals surface area (Å²) in [5, 5.41) is 14.5. The minimum Gasteiger partial charge on any atom is -0.258 e. The fourth-order valence-electron chi connectivity index (χ4n) is 1.56. The van der Waals surface area contributed by atoms with Crippen LogP contribution in [0.5, 0.6) is 0 Å². The van der Waals surface area contributed by atoms with Gasteiger partial charge in [0.2, 0.25) is 0 Å². The fourth-order valence-corrected chi connectivity index (χ4v) is 2.54. The minimum atomic E-state index is -3.79. The molecule has 2 aromatic carbocycles. The molecule has 0 atom stereocenters. The van der Waals surface area contributed by atoms with Gasteiger partial charge in [0, 0.05) is 22.7 Å². The lowest BCUT2D eigenvalue weighted by atomic mass is 10.2. The number of hydrogen-bond acceptors (Lipinski definition) is 5. The van der Waals surface area contributed by atoms with Gasteiger partial charge in [-0.3, -0.25) is 10.1 Å². The molecule has 1 N–H and O–H groups in total. The lowest BCUT2D eigenvalue weighted by Crippen LogP contribution is -2.18. The number of hydrogen-bond donors (Lipinski definition) is 1. The standard InChI is InChI=1S/C13H10ClN3O4S/c14-13-7-6-11(17(18)19)8-10(13)9-15-16-22(20,21)12-4-2-1-3-5-12/h1-9,16H/b15-9-. The highest BCUT2D eigenvalue weighted by Gasteiger charge is 2.12. The maximum absolute atomic E-state index is 11.9. The van der Waals surface area contributed by atoms with E-state index in [2.05, 4.69) is 5.10 Å². The van der Waals surface area contributed by atoms with Crippen LogP contribution in [-0.2, 0) is 10.0 Å². The van der Waals surface area contributed by atoms with Crippen LogP contribution in [-0.4, -0.2) is 19.6 Å². The van der Waals surface area contributed by atoms with E-state index in [0.717, 1.165) is 6.21 Å². The number of hydrazone groups is 1. The van der Waals surface area contributed by atoms with Gasteiger partial charge in [0.05, 0.1) is 16.0 Å². The van der Waals surface area contributed by atoms with Crippen molar-refractivity contribution in [1.29, 1.82) is 0 Å². The minimum absolute atomic E-state index is 0.0530. The summed E-state index contributed by atoms with van der Waals surface area (Å²) in [5.74, 6) is 0. The van der Waals surface area contributed by atoms with Gasteiger partial charge in [-0.15, -0.1) is 0 Å². The normalized spacial score (nSPS) is 11.5. The molecule has 9 heteroatoms. The first-order chi connectivity index (χ1) is 10.4. The molecule has 22 heavy (non-hydrogen) atoms. The Morgan fingerprint density at radius 3 is 2.50 bits per heavy atom. The smallest absolute Gasteiger partial charge is 0.258 e. The largest absolute Gasteiger partial charge is 0.276 e. The predicted octanol–water partition coefficient (Wildman–Crippen LogP) is 2.56. The topological polar surface area (TPSA) is 102 Å². The molecule has 114 valence electrons. The average molecular weight is 340 g/mol. The summed E-state index contributed by atoms with van der Waals surface area (Å²) in [6, 6.07) is 11.5. The van der Waals surface area contributed by atoms with E-state index in [-0.39, 0.29) is 21.2 Å². The summed E-state index contributed by atoms with van der Waals surface area (Å²) in [7, 11) is -3.79. The molecule has 0 aliphatic carbocycles. The van der Waals surface area contributed by atoms with Crippen LogP contribution in [0.15, 0.2) is 58.5 Å². The summed E-state index contributed by atoms with van der Waals surface area (Å²) in [4.78, 5) is 12.2.